The SMILES string of the molecule is CC(=O)NCCCCCCCC(=O)Nc1nnc(S(N)(=O)=O)s1. The predicted octanol–water partition coefficient (Wildman–Crippen LogP) is 0.601. The minimum absolute atomic E-state index is 0.0241. The van der Waals surface area contributed by atoms with E-state index in [0.29, 0.717) is 13.0 Å². The van der Waals surface area contributed by atoms with Crippen molar-refractivity contribution < 1.29 is 18.0 Å². The lowest BCUT2D eigenvalue weighted by Crippen LogP contribution is -2.20. The number of amides is 2. The van der Waals surface area contributed by atoms with Gasteiger partial charge in [0.2, 0.25) is 21.3 Å². The van der Waals surface area contributed by atoms with Gasteiger partial charge in [0.05, 0.1) is 0 Å². The number of anilines is 1. The number of primary sulfonamides is 1. The molecule has 0 aliphatic carbocycles. The van der Waals surface area contributed by atoms with Crippen LogP contribution in [0.15, 0.2) is 4.34 Å². The van der Waals surface area contributed by atoms with Gasteiger partial charge < -0.3 is 10.6 Å². The Labute approximate surface area is 139 Å². The molecule has 11 heteroatoms. The zero-order valence-corrected chi connectivity index (χ0v) is 14.5. The second-order valence-corrected chi connectivity index (χ2v) is 7.68. The maximum Gasteiger partial charge on any atom is 0.267 e. The van der Waals surface area contributed by atoms with Crippen LogP contribution >= 0.6 is 11.3 Å². The first-order valence-electron chi connectivity index (χ1n) is 7.19. The number of aromatic nitrogens is 2. The summed E-state index contributed by atoms with van der Waals surface area (Å²) in [5.74, 6) is -0.260. The zero-order chi connectivity index (χ0) is 17.3. The summed E-state index contributed by atoms with van der Waals surface area (Å²) < 4.78 is 21.7. The van der Waals surface area contributed by atoms with E-state index in [1.807, 2.05) is 0 Å². The Bertz CT molecular complexity index is 629. The number of carbonyl (C=O) groups is 2. The van der Waals surface area contributed by atoms with Gasteiger partial charge >= 0.3 is 0 Å². The summed E-state index contributed by atoms with van der Waals surface area (Å²) in [5, 5.41) is 17.2. The van der Waals surface area contributed by atoms with E-state index in [0.717, 1.165) is 43.4 Å². The van der Waals surface area contributed by atoms with Crippen molar-refractivity contribution in [2.45, 2.75) is 49.8 Å². The van der Waals surface area contributed by atoms with Gasteiger partial charge in [-0.2, -0.15) is 0 Å². The quantitative estimate of drug-likeness (QED) is 0.410. The molecule has 0 atom stereocenters. The molecule has 0 saturated carbocycles. The molecule has 0 aliphatic rings. The van der Waals surface area contributed by atoms with Gasteiger partial charge in [0, 0.05) is 19.9 Å². The van der Waals surface area contributed by atoms with Crippen LogP contribution in [0.2, 0.25) is 0 Å². The van der Waals surface area contributed by atoms with Crippen molar-refractivity contribution in [1.29, 1.82) is 0 Å². The van der Waals surface area contributed by atoms with Crippen molar-refractivity contribution >= 4 is 38.3 Å². The second kappa shape index (κ2) is 9.53. The average Bonchev–Trinajstić information content (AvgIpc) is 2.90. The highest BCUT2D eigenvalue weighted by atomic mass is 32.2. The number of sulfonamides is 1. The largest absolute Gasteiger partial charge is 0.356 e. The fourth-order valence-corrected chi connectivity index (χ4v) is 3.11. The molecule has 0 aliphatic heterocycles. The summed E-state index contributed by atoms with van der Waals surface area (Å²) >= 11 is 0.722. The van der Waals surface area contributed by atoms with E-state index >= 15 is 0 Å². The molecule has 0 unspecified atom stereocenters. The van der Waals surface area contributed by atoms with E-state index in [1.54, 1.807) is 0 Å². The van der Waals surface area contributed by atoms with Crippen LogP contribution in [-0.2, 0) is 19.6 Å². The summed E-state index contributed by atoms with van der Waals surface area (Å²) in [6.45, 7) is 2.17. The molecule has 0 fully saturated rings. The lowest BCUT2D eigenvalue weighted by Gasteiger charge is -2.03. The molecule has 1 aromatic rings. The van der Waals surface area contributed by atoms with Crippen LogP contribution in [0.1, 0.15) is 45.4 Å². The summed E-state index contributed by atoms with van der Waals surface area (Å²) in [6, 6.07) is 0. The highest BCUT2D eigenvalue weighted by Gasteiger charge is 2.16. The minimum Gasteiger partial charge on any atom is -0.356 e. The molecule has 0 saturated heterocycles. The molecule has 1 heterocycles. The number of nitrogens with two attached hydrogens (primary N) is 1. The van der Waals surface area contributed by atoms with Gasteiger partial charge in [0.1, 0.15) is 0 Å². The van der Waals surface area contributed by atoms with Crippen LogP contribution in [0, 0.1) is 0 Å². The smallest absolute Gasteiger partial charge is 0.267 e. The van der Waals surface area contributed by atoms with E-state index in [1.165, 1.54) is 6.92 Å². The average molecular weight is 363 g/mol. The Hall–Kier alpha value is -1.59. The third kappa shape index (κ3) is 8.57. The molecule has 4 N–H and O–H groups in total. The molecule has 9 nitrogen and oxygen atoms in total. The Morgan fingerprint density at radius 3 is 2.39 bits per heavy atom. The highest BCUT2D eigenvalue weighted by Crippen LogP contribution is 2.18. The van der Waals surface area contributed by atoms with Crippen LogP contribution in [0.3, 0.4) is 0 Å². The van der Waals surface area contributed by atoms with Crippen LogP contribution in [0.4, 0.5) is 5.13 Å². The Kier molecular flexibility index (Phi) is 8.06. The van der Waals surface area contributed by atoms with Crippen LogP contribution < -0.4 is 15.8 Å². The number of hydrogen-bond donors (Lipinski definition) is 3. The minimum atomic E-state index is -3.89. The monoisotopic (exact) mass is 363 g/mol. The zero-order valence-electron chi connectivity index (χ0n) is 12.9. The van der Waals surface area contributed by atoms with Gasteiger partial charge in [-0.1, -0.05) is 30.6 Å². The number of hydrogen-bond acceptors (Lipinski definition) is 7. The Morgan fingerprint density at radius 1 is 1.13 bits per heavy atom. The number of nitrogens with zero attached hydrogens (tertiary/aromatic N) is 2. The first kappa shape index (κ1) is 19.5. The Morgan fingerprint density at radius 2 is 1.78 bits per heavy atom. The van der Waals surface area contributed by atoms with Crippen LogP contribution in [0.25, 0.3) is 0 Å². The topological polar surface area (TPSA) is 144 Å². The third-order valence-electron chi connectivity index (χ3n) is 2.85. The predicted molar refractivity (Wildman–Crippen MR) is 86.3 cm³/mol. The fraction of sp³-hybridized carbons (Fsp3) is 0.667. The lowest BCUT2D eigenvalue weighted by atomic mass is 10.1. The maximum atomic E-state index is 11.7. The van der Waals surface area contributed by atoms with E-state index in [-0.39, 0.29) is 21.3 Å². The normalized spacial score (nSPS) is 11.2. The fourth-order valence-electron chi connectivity index (χ4n) is 1.76. The lowest BCUT2D eigenvalue weighted by molar-refractivity contribution is -0.119. The summed E-state index contributed by atoms with van der Waals surface area (Å²) in [6.07, 6.45) is 4.87. The van der Waals surface area contributed by atoms with Crippen molar-refractivity contribution in [3.63, 3.8) is 0 Å². The van der Waals surface area contributed by atoms with Gasteiger partial charge in [-0.05, 0) is 12.8 Å². The van der Waals surface area contributed by atoms with Crippen molar-refractivity contribution in [3.05, 3.63) is 0 Å². The number of rotatable bonds is 10. The third-order valence-corrected chi connectivity index (χ3v) is 5.00. The highest BCUT2D eigenvalue weighted by molar-refractivity contribution is 7.91. The molecule has 2 amide bonds. The molecule has 1 rings (SSSR count). The van der Waals surface area contributed by atoms with Gasteiger partial charge in [-0.25, -0.2) is 13.6 Å². The Balaban J connectivity index is 2.13. The number of nitrogens with one attached hydrogen (secondary N) is 2. The van der Waals surface area contributed by atoms with E-state index in [9.17, 15) is 18.0 Å². The van der Waals surface area contributed by atoms with Crippen molar-refractivity contribution in [1.82, 2.24) is 15.5 Å². The van der Waals surface area contributed by atoms with Crippen molar-refractivity contribution in [2.24, 2.45) is 5.14 Å². The molecule has 0 aromatic carbocycles. The van der Waals surface area contributed by atoms with Gasteiger partial charge in [0.25, 0.3) is 10.0 Å². The molecule has 0 bridgehead atoms. The number of unbranched alkanes of at least 4 members (excludes halogenated alkanes) is 4. The molecule has 0 radical (unpaired) electrons. The standard InChI is InChI=1S/C12H21N5O4S2/c1-9(18)14-8-6-4-2-3-5-7-10(19)15-11-16-17-12(22-11)23(13,20)21/h2-8H2,1H3,(H,14,18)(H2,13,20,21)(H,15,16,19). The maximum absolute atomic E-state index is 11.7. The molecule has 0 spiro atoms. The molecule has 130 valence electrons. The summed E-state index contributed by atoms with van der Waals surface area (Å²) in [7, 11) is -3.89. The van der Waals surface area contributed by atoms with E-state index in [4.69, 9.17) is 5.14 Å². The van der Waals surface area contributed by atoms with Gasteiger partial charge in [-0.3, -0.25) is 9.59 Å². The van der Waals surface area contributed by atoms with E-state index in [2.05, 4.69) is 20.8 Å². The molecule has 23 heavy (non-hydrogen) atoms. The summed E-state index contributed by atoms with van der Waals surface area (Å²) in [5.41, 5.74) is 0. The molecular formula is C12H21N5O4S2. The van der Waals surface area contributed by atoms with Crippen LogP contribution in [-0.4, -0.2) is 37.0 Å². The second-order valence-electron chi connectivity index (χ2n) is 4.97. The first-order chi connectivity index (χ1) is 10.8. The van der Waals surface area contributed by atoms with Gasteiger partial charge in [0.15, 0.2) is 0 Å². The van der Waals surface area contributed by atoms with Gasteiger partial charge in [-0.15, -0.1) is 10.2 Å². The van der Waals surface area contributed by atoms with E-state index < -0.39 is 10.0 Å². The van der Waals surface area contributed by atoms with Crippen LogP contribution in [0.5, 0.6) is 0 Å². The molecule has 1 aromatic heterocycles. The number of carbonyl (C=O) groups excluding carboxylic acids is 2. The van der Waals surface area contributed by atoms with Crippen molar-refractivity contribution in [2.75, 3.05) is 11.9 Å². The molecular weight excluding hydrogens is 342 g/mol. The first-order valence-corrected chi connectivity index (χ1v) is 9.56. The van der Waals surface area contributed by atoms with Crippen molar-refractivity contribution in [3.8, 4) is 0 Å². The summed E-state index contributed by atoms with van der Waals surface area (Å²) in [4.78, 5) is 22.3.